The molecule has 1 amide bonds. The molecule has 3 aromatic rings. The first-order valence-electron chi connectivity index (χ1n) is 7.17. The molecule has 0 aliphatic heterocycles. The number of hydrogen-bond donors (Lipinski definition) is 1. The Hall–Kier alpha value is -3.08. The second-order valence-corrected chi connectivity index (χ2v) is 4.93. The van der Waals surface area contributed by atoms with Gasteiger partial charge in [0.1, 0.15) is 12.4 Å². The second-order valence-electron chi connectivity index (χ2n) is 4.93. The van der Waals surface area contributed by atoms with Crippen LogP contribution in [0.25, 0.3) is 10.9 Å². The van der Waals surface area contributed by atoms with E-state index in [2.05, 4.69) is 10.3 Å². The van der Waals surface area contributed by atoms with Crippen LogP contribution in [0, 0.1) is 0 Å². The van der Waals surface area contributed by atoms with Crippen molar-refractivity contribution in [2.45, 2.75) is 6.61 Å². The number of fused-ring (bicyclic) bond motifs is 1. The highest BCUT2D eigenvalue weighted by atomic mass is 16.5. The highest BCUT2D eigenvalue weighted by Crippen LogP contribution is 2.21. The van der Waals surface area contributed by atoms with Crippen LogP contribution < -0.4 is 10.1 Å². The zero-order valence-electron chi connectivity index (χ0n) is 12.7. The molecule has 0 saturated heterocycles. The Labute approximate surface area is 133 Å². The number of nitrogens with one attached hydrogen (secondary N) is 1. The minimum absolute atomic E-state index is 0.189. The number of benzene rings is 2. The fraction of sp³-hybridized carbons (Fsp3) is 0.111. The van der Waals surface area contributed by atoms with Gasteiger partial charge in [-0.1, -0.05) is 30.3 Å². The Balaban J connectivity index is 1.64. The zero-order chi connectivity index (χ0) is 16.1. The molecule has 1 aromatic heterocycles. The molecule has 0 unspecified atom stereocenters. The van der Waals surface area contributed by atoms with Gasteiger partial charge in [0.2, 0.25) is 0 Å². The van der Waals surface area contributed by atoms with Crippen molar-refractivity contribution in [1.29, 1.82) is 0 Å². The first-order chi connectivity index (χ1) is 11.3. The van der Waals surface area contributed by atoms with E-state index in [0.29, 0.717) is 5.69 Å². The van der Waals surface area contributed by atoms with Crippen molar-refractivity contribution in [3.05, 3.63) is 66.4 Å². The number of pyridine rings is 1. The fourth-order valence-corrected chi connectivity index (χ4v) is 2.22. The summed E-state index contributed by atoms with van der Waals surface area (Å²) >= 11 is 0. The number of aromatic nitrogens is 1. The lowest BCUT2D eigenvalue weighted by Gasteiger charge is -2.09. The van der Waals surface area contributed by atoms with Gasteiger partial charge in [-0.3, -0.25) is 10.3 Å². The van der Waals surface area contributed by atoms with Gasteiger partial charge in [-0.15, -0.1) is 0 Å². The van der Waals surface area contributed by atoms with E-state index in [9.17, 15) is 4.79 Å². The Morgan fingerprint density at radius 3 is 2.65 bits per heavy atom. The average molecular weight is 308 g/mol. The van der Waals surface area contributed by atoms with Gasteiger partial charge in [0.05, 0.1) is 18.3 Å². The molecule has 1 N–H and O–H groups in total. The third-order valence-corrected chi connectivity index (χ3v) is 3.40. The lowest BCUT2D eigenvalue weighted by Crippen LogP contribution is -2.14. The van der Waals surface area contributed by atoms with E-state index < -0.39 is 6.09 Å². The van der Waals surface area contributed by atoms with Crippen LogP contribution in [0.5, 0.6) is 5.75 Å². The average Bonchev–Trinajstić information content (AvgIpc) is 2.61. The third-order valence-electron chi connectivity index (χ3n) is 3.40. The molecule has 116 valence electrons. The molecule has 3 rings (SSSR count). The number of nitrogens with zero attached hydrogens (tertiary/aromatic N) is 1. The van der Waals surface area contributed by atoms with Crippen molar-refractivity contribution in [1.82, 2.24) is 4.98 Å². The summed E-state index contributed by atoms with van der Waals surface area (Å²) in [6.07, 6.45) is 1.18. The van der Waals surface area contributed by atoms with Crippen molar-refractivity contribution >= 4 is 22.7 Å². The first-order valence-corrected chi connectivity index (χ1v) is 7.17. The summed E-state index contributed by atoms with van der Waals surface area (Å²) in [6.45, 7) is 0.189. The van der Waals surface area contributed by atoms with Crippen LogP contribution in [0.1, 0.15) is 5.56 Å². The topological polar surface area (TPSA) is 60.5 Å². The van der Waals surface area contributed by atoms with Crippen molar-refractivity contribution in [3.8, 4) is 5.75 Å². The Kier molecular flexibility index (Phi) is 4.38. The molecule has 0 radical (unpaired) electrons. The first kappa shape index (κ1) is 14.8. The lowest BCUT2D eigenvalue weighted by molar-refractivity contribution is 0.155. The Morgan fingerprint density at radius 1 is 1.09 bits per heavy atom. The maximum absolute atomic E-state index is 12.0. The van der Waals surface area contributed by atoms with Crippen molar-refractivity contribution in [3.63, 3.8) is 0 Å². The molecular weight excluding hydrogens is 292 g/mol. The van der Waals surface area contributed by atoms with Crippen molar-refractivity contribution in [2.24, 2.45) is 0 Å². The number of rotatable bonds is 4. The standard InChI is InChI=1S/C18H16N2O3/c1-22-15-9-7-13(8-10-15)12-23-18(21)20-16-6-2-4-14-5-3-11-19-17(14)16/h2-11H,12H2,1H3,(H,20,21). The molecule has 0 aliphatic carbocycles. The summed E-state index contributed by atoms with van der Waals surface area (Å²) in [7, 11) is 1.61. The highest BCUT2D eigenvalue weighted by Gasteiger charge is 2.07. The number of carbonyl (C=O) groups is 1. The normalized spacial score (nSPS) is 10.3. The summed E-state index contributed by atoms with van der Waals surface area (Å²) in [4.78, 5) is 16.3. The molecule has 0 fully saturated rings. The molecule has 1 heterocycles. The summed E-state index contributed by atoms with van der Waals surface area (Å²) in [5.74, 6) is 0.764. The molecule has 0 spiro atoms. The predicted molar refractivity (Wildman–Crippen MR) is 88.5 cm³/mol. The number of anilines is 1. The van der Waals surface area contributed by atoms with Gasteiger partial charge in [0, 0.05) is 11.6 Å². The van der Waals surface area contributed by atoms with Gasteiger partial charge >= 0.3 is 6.09 Å². The van der Waals surface area contributed by atoms with Crippen LogP contribution in [0.3, 0.4) is 0 Å². The molecule has 0 atom stereocenters. The fourth-order valence-electron chi connectivity index (χ4n) is 2.22. The maximum Gasteiger partial charge on any atom is 0.412 e. The number of ether oxygens (including phenoxy) is 2. The molecule has 5 heteroatoms. The minimum atomic E-state index is -0.515. The van der Waals surface area contributed by atoms with Crippen LogP contribution >= 0.6 is 0 Å². The smallest absolute Gasteiger partial charge is 0.412 e. The van der Waals surface area contributed by atoms with Gasteiger partial charge in [-0.05, 0) is 29.8 Å². The maximum atomic E-state index is 12.0. The third kappa shape index (κ3) is 3.58. The minimum Gasteiger partial charge on any atom is -0.497 e. The zero-order valence-corrected chi connectivity index (χ0v) is 12.7. The highest BCUT2D eigenvalue weighted by molar-refractivity contribution is 5.97. The largest absolute Gasteiger partial charge is 0.497 e. The quantitative estimate of drug-likeness (QED) is 0.791. The van der Waals surface area contributed by atoms with E-state index in [0.717, 1.165) is 22.2 Å². The summed E-state index contributed by atoms with van der Waals surface area (Å²) in [5, 5.41) is 3.69. The van der Waals surface area contributed by atoms with Crippen molar-refractivity contribution < 1.29 is 14.3 Å². The molecule has 0 saturated carbocycles. The second kappa shape index (κ2) is 6.79. The van der Waals surface area contributed by atoms with Crippen LogP contribution in [0.4, 0.5) is 10.5 Å². The number of hydrogen-bond acceptors (Lipinski definition) is 4. The van der Waals surface area contributed by atoms with Crippen molar-refractivity contribution in [2.75, 3.05) is 12.4 Å². The lowest BCUT2D eigenvalue weighted by atomic mass is 10.2. The number of amides is 1. The van der Waals surface area contributed by atoms with Crippen LogP contribution in [0.15, 0.2) is 60.8 Å². The van der Waals surface area contributed by atoms with E-state index in [4.69, 9.17) is 9.47 Å². The summed E-state index contributed by atoms with van der Waals surface area (Å²) in [5.41, 5.74) is 2.25. The van der Waals surface area contributed by atoms with E-state index in [1.54, 1.807) is 19.4 Å². The summed E-state index contributed by atoms with van der Waals surface area (Å²) in [6, 6.07) is 16.8. The number of carbonyl (C=O) groups excluding carboxylic acids is 1. The van der Waals surface area contributed by atoms with Gasteiger partial charge in [0.15, 0.2) is 0 Å². The molecule has 0 aliphatic rings. The van der Waals surface area contributed by atoms with E-state index in [-0.39, 0.29) is 6.61 Å². The van der Waals surface area contributed by atoms with E-state index in [1.807, 2.05) is 48.5 Å². The Morgan fingerprint density at radius 2 is 1.87 bits per heavy atom. The van der Waals surface area contributed by atoms with Gasteiger partial charge in [-0.25, -0.2) is 4.79 Å². The monoisotopic (exact) mass is 308 g/mol. The Bertz CT molecular complexity index is 811. The van der Waals surface area contributed by atoms with Crippen LogP contribution in [-0.2, 0) is 11.3 Å². The molecule has 23 heavy (non-hydrogen) atoms. The van der Waals surface area contributed by atoms with E-state index in [1.165, 1.54) is 0 Å². The number of para-hydroxylation sites is 1. The SMILES string of the molecule is COc1ccc(COC(=O)Nc2cccc3cccnc23)cc1. The molecule has 0 bridgehead atoms. The van der Waals surface area contributed by atoms with Gasteiger partial charge in [-0.2, -0.15) is 0 Å². The molecule has 5 nitrogen and oxygen atoms in total. The van der Waals surface area contributed by atoms with Crippen LogP contribution in [-0.4, -0.2) is 18.2 Å². The van der Waals surface area contributed by atoms with Gasteiger partial charge in [0.25, 0.3) is 0 Å². The predicted octanol–water partition coefficient (Wildman–Crippen LogP) is 3.99. The summed E-state index contributed by atoms with van der Waals surface area (Å²) < 4.78 is 10.3. The molecular formula is C18H16N2O3. The molecule has 2 aromatic carbocycles. The van der Waals surface area contributed by atoms with E-state index >= 15 is 0 Å². The van der Waals surface area contributed by atoms with Crippen LogP contribution in [0.2, 0.25) is 0 Å². The van der Waals surface area contributed by atoms with Gasteiger partial charge < -0.3 is 9.47 Å². The number of methoxy groups -OCH3 is 1.